The number of amides is 1. The van der Waals surface area contributed by atoms with Gasteiger partial charge in [0.1, 0.15) is 0 Å². The van der Waals surface area contributed by atoms with Crippen molar-refractivity contribution in [2.45, 2.75) is 18.9 Å². The highest BCUT2D eigenvalue weighted by Crippen LogP contribution is 2.28. The summed E-state index contributed by atoms with van der Waals surface area (Å²) in [5.74, 6) is -0.176. The van der Waals surface area contributed by atoms with Gasteiger partial charge in [0.15, 0.2) is 5.82 Å². The van der Waals surface area contributed by atoms with Crippen LogP contribution in [0.3, 0.4) is 0 Å². The summed E-state index contributed by atoms with van der Waals surface area (Å²) < 4.78 is 26.6. The number of hydrogen-bond donors (Lipinski definition) is 2. The predicted molar refractivity (Wildman–Crippen MR) is 105 cm³/mol. The van der Waals surface area contributed by atoms with E-state index in [9.17, 15) is 13.6 Å². The maximum absolute atomic E-state index is 11.8. The monoisotopic (exact) mass is 404 g/mol. The number of imidazole rings is 1. The third kappa shape index (κ3) is 4.58. The van der Waals surface area contributed by atoms with E-state index in [2.05, 4.69) is 9.88 Å². The molecule has 10 heteroatoms. The average Bonchev–Trinajstić information content (AvgIpc) is 3.12. The molecule has 1 aliphatic heterocycles. The molecule has 1 unspecified atom stereocenters. The smallest absolute Gasteiger partial charge is 0.267 e. The second kappa shape index (κ2) is 9.00. The maximum atomic E-state index is 11.8. The molecule has 1 fully saturated rings. The molecule has 1 atom stereocenters. The van der Waals surface area contributed by atoms with Gasteiger partial charge >= 0.3 is 0 Å². The summed E-state index contributed by atoms with van der Waals surface area (Å²) in [6.45, 7) is 1.34. The molecule has 0 spiro atoms. The number of hydroxylamine groups is 1. The third-order valence-corrected chi connectivity index (χ3v) is 5.48. The summed E-state index contributed by atoms with van der Waals surface area (Å²) in [7, 11) is 1.80. The summed E-state index contributed by atoms with van der Waals surface area (Å²) in [5, 5.41) is 8.63. The number of carbonyl (C=O) groups is 1. The number of anilines is 2. The topological polar surface area (TPSA) is 114 Å². The van der Waals surface area contributed by atoms with Gasteiger partial charge in [0.25, 0.3) is 5.91 Å². The van der Waals surface area contributed by atoms with Gasteiger partial charge in [0.2, 0.25) is 0 Å². The van der Waals surface area contributed by atoms with Crippen LogP contribution in [0.1, 0.15) is 18.4 Å². The summed E-state index contributed by atoms with van der Waals surface area (Å²) in [6.07, 6.45) is 7.47. The molecule has 1 saturated heterocycles. The molecule has 28 heavy (non-hydrogen) atoms. The molecule has 150 valence electrons. The quantitative estimate of drug-likeness (QED) is 0.324. The Balaban J connectivity index is 1.72. The average molecular weight is 404 g/mol. The first-order chi connectivity index (χ1) is 13.5. The van der Waals surface area contributed by atoms with E-state index >= 15 is 0 Å². The number of rotatable bonds is 6. The van der Waals surface area contributed by atoms with Gasteiger partial charge in [-0.15, -0.1) is 0 Å². The van der Waals surface area contributed by atoms with Crippen LogP contribution in [-0.4, -0.2) is 48.6 Å². The minimum atomic E-state index is -2.40. The molecule has 2 N–H and O–H groups in total. The van der Waals surface area contributed by atoms with E-state index < -0.39 is 17.2 Å². The van der Waals surface area contributed by atoms with Gasteiger partial charge in [-0.05, 0) is 30.5 Å². The van der Waals surface area contributed by atoms with E-state index in [4.69, 9.17) is 5.21 Å². The zero-order valence-electron chi connectivity index (χ0n) is 15.4. The van der Waals surface area contributed by atoms with Crippen molar-refractivity contribution in [3.63, 3.8) is 0 Å². The zero-order chi connectivity index (χ0) is 20.1. The number of nitrogens with zero attached hydrogens (tertiary/aromatic N) is 4. The van der Waals surface area contributed by atoms with Gasteiger partial charge in [-0.3, -0.25) is 18.5 Å². The van der Waals surface area contributed by atoms with Crippen molar-refractivity contribution in [1.29, 1.82) is 0 Å². The Labute approximate surface area is 165 Å². The lowest BCUT2D eigenvalue weighted by atomic mass is 10.0. The lowest BCUT2D eigenvalue weighted by molar-refractivity contribution is -0.124. The number of para-hydroxylation sites is 1. The van der Waals surface area contributed by atoms with Crippen LogP contribution in [-0.2, 0) is 23.1 Å². The molecule has 1 aromatic carbocycles. The molecule has 0 saturated carbocycles. The maximum Gasteiger partial charge on any atom is 0.267 e. The van der Waals surface area contributed by atoms with Crippen LogP contribution in [0.5, 0.6) is 0 Å². The first kappa shape index (κ1) is 20.1. The van der Waals surface area contributed by atoms with E-state index in [1.54, 1.807) is 35.7 Å². The van der Waals surface area contributed by atoms with Crippen molar-refractivity contribution in [3.8, 4) is 0 Å². The largest absolute Gasteiger partial charge is 0.755 e. The van der Waals surface area contributed by atoms with Crippen LogP contribution in [0.4, 0.5) is 11.5 Å². The van der Waals surface area contributed by atoms with Gasteiger partial charge in [-0.25, -0.2) is 10.5 Å². The second-order valence-electron chi connectivity index (χ2n) is 6.53. The lowest BCUT2D eigenvalue weighted by Crippen LogP contribution is -2.46. The normalized spacial score (nSPS) is 16.3. The second-order valence-corrected chi connectivity index (χ2v) is 7.35. The molecule has 1 aromatic heterocycles. The number of hydrogen-bond acceptors (Lipinski definition) is 6. The highest BCUT2D eigenvalue weighted by Gasteiger charge is 2.27. The van der Waals surface area contributed by atoms with Crippen LogP contribution in [0.15, 0.2) is 42.9 Å². The number of piperidine rings is 1. The zero-order valence-corrected chi connectivity index (χ0v) is 16.2. The van der Waals surface area contributed by atoms with Gasteiger partial charge < -0.3 is 14.0 Å². The van der Waals surface area contributed by atoms with E-state index in [1.165, 1.54) is 10.4 Å². The molecule has 0 bridgehead atoms. The Morgan fingerprint density at radius 2 is 2.11 bits per heavy atom. The summed E-state index contributed by atoms with van der Waals surface area (Å²) in [6, 6.07) is 7.47. The van der Waals surface area contributed by atoms with Gasteiger partial charge in [0, 0.05) is 55.4 Å². The number of carbonyl (C=O) groups excluding carboxylic acids is 1. The molecule has 9 nitrogen and oxygen atoms in total. The fourth-order valence-electron chi connectivity index (χ4n) is 3.36. The summed E-state index contributed by atoms with van der Waals surface area (Å²) in [5.41, 5.74) is 3.37. The summed E-state index contributed by atoms with van der Waals surface area (Å²) in [4.78, 5) is 17.6. The van der Waals surface area contributed by atoms with Crippen LogP contribution in [0.25, 0.3) is 6.08 Å². The molecule has 0 aliphatic carbocycles. The van der Waals surface area contributed by atoms with E-state index in [0.717, 1.165) is 11.3 Å². The predicted octanol–water partition coefficient (Wildman–Crippen LogP) is 1.21. The molecular formula is C18H22N5O4S-. The standard InChI is InChI=1S/C18H23N5O4S/c1-21-12-17(19-13-21)23(28(26)27)15-8-10-22(11-9-15)16-5-3-2-4-14(16)6-7-18(24)20-25/h2-7,12-13,15,25H,8-11H2,1H3,(H,20,24)(H,26,27)/p-1/b7-6+. The number of aromatic nitrogens is 2. The Kier molecular flexibility index (Phi) is 6.45. The SMILES string of the molecule is Cn1cnc(N(C2CCN(c3ccccc3/C=C/C(=O)NO)CC2)S(=O)[O-])c1. The van der Waals surface area contributed by atoms with Crippen LogP contribution in [0, 0.1) is 0 Å². The van der Waals surface area contributed by atoms with Crippen molar-refractivity contribution in [3.05, 3.63) is 48.4 Å². The van der Waals surface area contributed by atoms with E-state index in [1.807, 2.05) is 24.3 Å². The van der Waals surface area contributed by atoms with Gasteiger partial charge in [-0.1, -0.05) is 18.2 Å². The van der Waals surface area contributed by atoms with Gasteiger partial charge in [0.05, 0.1) is 6.33 Å². The highest BCUT2D eigenvalue weighted by molar-refractivity contribution is 7.80. The Morgan fingerprint density at radius 1 is 1.39 bits per heavy atom. The Hall–Kier alpha value is -2.69. The molecule has 0 radical (unpaired) electrons. The van der Waals surface area contributed by atoms with Gasteiger partial charge in [-0.2, -0.15) is 0 Å². The Bertz CT molecular complexity index is 876. The third-order valence-electron chi connectivity index (χ3n) is 4.68. The molecule has 3 rings (SSSR count). The van der Waals surface area contributed by atoms with Crippen LogP contribution >= 0.6 is 0 Å². The molecule has 1 amide bonds. The number of benzene rings is 1. The number of nitrogens with one attached hydrogen (secondary N) is 1. The first-order valence-corrected chi connectivity index (χ1v) is 9.85. The van der Waals surface area contributed by atoms with Crippen molar-refractivity contribution >= 4 is 34.8 Å². The minimum Gasteiger partial charge on any atom is -0.755 e. The Morgan fingerprint density at radius 3 is 2.71 bits per heavy atom. The van der Waals surface area contributed by atoms with Crippen LogP contribution in [0.2, 0.25) is 0 Å². The van der Waals surface area contributed by atoms with Crippen molar-refractivity contribution in [1.82, 2.24) is 15.0 Å². The van der Waals surface area contributed by atoms with E-state index in [-0.39, 0.29) is 6.04 Å². The highest BCUT2D eigenvalue weighted by atomic mass is 32.2. The van der Waals surface area contributed by atoms with Crippen molar-refractivity contribution in [2.75, 3.05) is 22.3 Å². The molecule has 1 aliphatic rings. The minimum absolute atomic E-state index is 0.160. The van der Waals surface area contributed by atoms with Crippen LogP contribution < -0.4 is 14.7 Å². The van der Waals surface area contributed by atoms with Crippen molar-refractivity contribution in [2.24, 2.45) is 7.05 Å². The fraction of sp³-hybridized carbons (Fsp3) is 0.333. The van der Waals surface area contributed by atoms with Crippen molar-refractivity contribution < 1.29 is 18.8 Å². The lowest BCUT2D eigenvalue weighted by Gasteiger charge is -2.40. The fourth-order valence-corrected chi connectivity index (χ4v) is 4.06. The summed E-state index contributed by atoms with van der Waals surface area (Å²) >= 11 is -2.40. The number of aryl methyl sites for hydroxylation is 1. The first-order valence-electron chi connectivity index (χ1n) is 8.82. The molecule has 2 aromatic rings. The molecular weight excluding hydrogens is 382 g/mol. The molecule has 2 heterocycles. The van der Waals surface area contributed by atoms with E-state index in [0.29, 0.717) is 31.7 Å².